The molecule has 1 amide bonds. The zero-order valence-electron chi connectivity index (χ0n) is 13.6. The van der Waals surface area contributed by atoms with Crippen molar-refractivity contribution >= 4 is 15.9 Å². The lowest BCUT2D eigenvalue weighted by atomic mass is 10.2. The highest BCUT2D eigenvalue weighted by Gasteiger charge is 2.31. The zero-order valence-corrected chi connectivity index (χ0v) is 14.4. The summed E-state index contributed by atoms with van der Waals surface area (Å²) in [5.74, 6) is 0.533. The summed E-state index contributed by atoms with van der Waals surface area (Å²) in [6.45, 7) is 5.17. The first-order valence-corrected chi connectivity index (χ1v) is 9.52. The number of carbonyl (C=O) groups excluding carboxylic acids is 1. The molecule has 6 nitrogen and oxygen atoms in total. The summed E-state index contributed by atoms with van der Waals surface area (Å²) in [6, 6.07) is 7.11. The first-order valence-electron chi connectivity index (χ1n) is 7.87. The van der Waals surface area contributed by atoms with Gasteiger partial charge in [-0.15, -0.1) is 0 Å². The van der Waals surface area contributed by atoms with Gasteiger partial charge in [0, 0.05) is 25.6 Å². The molecule has 1 aromatic carbocycles. The lowest BCUT2D eigenvalue weighted by Gasteiger charge is -2.16. The Morgan fingerprint density at radius 1 is 1.30 bits per heavy atom. The highest BCUT2D eigenvalue weighted by Crippen LogP contribution is 2.13. The third-order valence-corrected chi connectivity index (χ3v) is 5.09. The third-order valence-electron chi connectivity index (χ3n) is 3.70. The fourth-order valence-corrected chi connectivity index (χ4v) is 3.64. The molecule has 1 aliphatic heterocycles. The molecule has 0 aromatic heterocycles. The van der Waals surface area contributed by atoms with E-state index in [1.54, 1.807) is 4.90 Å². The van der Waals surface area contributed by atoms with Crippen LogP contribution in [0.5, 0.6) is 5.75 Å². The summed E-state index contributed by atoms with van der Waals surface area (Å²) in [7, 11) is -3.46. The van der Waals surface area contributed by atoms with Crippen LogP contribution in [0.4, 0.5) is 0 Å². The van der Waals surface area contributed by atoms with E-state index < -0.39 is 10.0 Å². The largest absolute Gasteiger partial charge is 0.492 e. The molecule has 0 saturated carbocycles. The van der Waals surface area contributed by atoms with E-state index in [1.807, 2.05) is 38.1 Å². The van der Waals surface area contributed by atoms with E-state index in [4.69, 9.17) is 4.74 Å². The van der Waals surface area contributed by atoms with Gasteiger partial charge in [-0.2, -0.15) is 0 Å². The quantitative estimate of drug-likeness (QED) is 0.774. The van der Waals surface area contributed by atoms with Crippen molar-refractivity contribution in [1.29, 1.82) is 0 Å². The zero-order chi connectivity index (χ0) is 16.9. The third kappa shape index (κ3) is 5.51. The molecular weight excluding hydrogens is 316 g/mol. The summed E-state index contributed by atoms with van der Waals surface area (Å²) in [6.07, 6.45) is 1.10. The Bertz CT molecular complexity index is 628. The monoisotopic (exact) mass is 340 g/mol. The molecule has 0 bridgehead atoms. The number of benzene rings is 1. The number of nitrogens with zero attached hydrogens (tertiary/aromatic N) is 1. The van der Waals surface area contributed by atoms with E-state index in [-0.39, 0.29) is 30.7 Å². The molecule has 23 heavy (non-hydrogen) atoms. The summed E-state index contributed by atoms with van der Waals surface area (Å²) in [5, 5.41) is 0. The topological polar surface area (TPSA) is 75.7 Å². The summed E-state index contributed by atoms with van der Waals surface area (Å²) in [4.78, 5) is 13.5. The molecular formula is C16H24N2O4S. The molecule has 0 spiro atoms. The number of carbonyl (C=O) groups is 1. The normalized spacial score (nSPS) is 18.4. The SMILES string of the molecule is CCCN1C[C@@H](NS(=O)(=O)CCOc2ccc(C)cc2)CC1=O. The lowest BCUT2D eigenvalue weighted by Crippen LogP contribution is -2.39. The molecule has 1 aliphatic rings. The molecule has 1 saturated heterocycles. The van der Waals surface area contributed by atoms with Crippen LogP contribution in [0, 0.1) is 6.92 Å². The average Bonchev–Trinajstić information content (AvgIpc) is 2.80. The van der Waals surface area contributed by atoms with Crippen molar-refractivity contribution in [3.63, 3.8) is 0 Å². The van der Waals surface area contributed by atoms with Gasteiger partial charge in [0.05, 0.1) is 5.75 Å². The van der Waals surface area contributed by atoms with Crippen LogP contribution in [0.3, 0.4) is 0 Å². The molecule has 0 unspecified atom stereocenters. The van der Waals surface area contributed by atoms with E-state index in [0.717, 1.165) is 12.0 Å². The number of nitrogens with one attached hydrogen (secondary N) is 1. The average molecular weight is 340 g/mol. The summed E-state index contributed by atoms with van der Waals surface area (Å²) < 4.78 is 32.2. The van der Waals surface area contributed by atoms with E-state index in [0.29, 0.717) is 18.8 Å². The second-order valence-electron chi connectivity index (χ2n) is 5.84. The van der Waals surface area contributed by atoms with Crippen LogP contribution in [0.25, 0.3) is 0 Å². The van der Waals surface area contributed by atoms with Gasteiger partial charge in [-0.3, -0.25) is 4.79 Å². The Balaban J connectivity index is 1.78. The number of rotatable bonds is 8. The van der Waals surface area contributed by atoms with Gasteiger partial charge in [-0.25, -0.2) is 13.1 Å². The fourth-order valence-electron chi connectivity index (χ4n) is 2.55. The molecule has 1 atom stereocenters. The predicted molar refractivity (Wildman–Crippen MR) is 88.9 cm³/mol. The molecule has 1 aromatic rings. The Hall–Kier alpha value is -1.60. The van der Waals surface area contributed by atoms with Crippen LogP contribution < -0.4 is 9.46 Å². The first-order chi connectivity index (χ1) is 10.9. The van der Waals surface area contributed by atoms with Crippen molar-refractivity contribution in [1.82, 2.24) is 9.62 Å². The van der Waals surface area contributed by atoms with Crippen LogP contribution in [0.2, 0.25) is 0 Å². The second kappa shape index (κ2) is 7.79. The molecule has 1 heterocycles. The minimum Gasteiger partial charge on any atom is -0.492 e. The van der Waals surface area contributed by atoms with Crippen molar-refractivity contribution < 1.29 is 17.9 Å². The number of ether oxygens (including phenoxy) is 1. The van der Waals surface area contributed by atoms with Crippen molar-refractivity contribution in [2.75, 3.05) is 25.4 Å². The van der Waals surface area contributed by atoms with Gasteiger partial charge in [0.1, 0.15) is 12.4 Å². The predicted octanol–water partition coefficient (Wildman–Crippen LogP) is 1.30. The number of likely N-dealkylation sites (tertiary alicyclic amines) is 1. The van der Waals surface area contributed by atoms with Crippen LogP contribution in [-0.2, 0) is 14.8 Å². The van der Waals surface area contributed by atoms with Gasteiger partial charge >= 0.3 is 0 Å². The Kier molecular flexibility index (Phi) is 6.01. The van der Waals surface area contributed by atoms with Crippen molar-refractivity contribution in [2.45, 2.75) is 32.7 Å². The molecule has 1 fully saturated rings. The van der Waals surface area contributed by atoms with E-state index in [9.17, 15) is 13.2 Å². The van der Waals surface area contributed by atoms with Crippen LogP contribution in [-0.4, -0.2) is 50.7 Å². The van der Waals surface area contributed by atoms with Crippen molar-refractivity contribution in [3.05, 3.63) is 29.8 Å². The number of hydrogen-bond donors (Lipinski definition) is 1. The Morgan fingerprint density at radius 3 is 2.65 bits per heavy atom. The van der Waals surface area contributed by atoms with Crippen molar-refractivity contribution in [2.24, 2.45) is 0 Å². The maximum absolute atomic E-state index is 12.1. The van der Waals surface area contributed by atoms with E-state index in [2.05, 4.69) is 4.72 Å². The van der Waals surface area contributed by atoms with Gasteiger partial charge in [0.25, 0.3) is 0 Å². The first kappa shape index (κ1) is 17.7. The maximum Gasteiger partial charge on any atom is 0.224 e. The van der Waals surface area contributed by atoms with Gasteiger partial charge < -0.3 is 9.64 Å². The maximum atomic E-state index is 12.1. The standard InChI is InChI=1S/C16H24N2O4S/c1-3-8-18-12-14(11-16(18)19)17-23(20,21)10-9-22-15-6-4-13(2)5-7-15/h4-7,14,17H,3,8-12H2,1-2H3/t14-/m0/s1. The van der Waals surface area contributed by atoms with Gasteiger partial charge in [-0.05, 0) is 25.5 Å². The number of amides is 1. The molecule has 7 heteroatoms. The summed E-state index contributed by atoms with van der Waals surface area (Å²) >= 11 is 0. The number of sulfonamides is 1. The van der Waals surface area contributed by atoms with Gasteiger partial charge in [0.15, 0.2) is 0 Å². The van der Waals surface area contributed by atoms with Gasteiger partial charge in [0.2, 0.25) is 15.9 Å². The second-order valence-corrected chi connectivity index (χ2v) is 7.71. The van der Waals surface area contributed by atoms with E-state index in [1.165, 1.54) is 0 Å². The van der Waals surface area contributed by atoms with Crippen molar-refractivity contribution in [3.8, 4) is 5.75 Å². The fraction of sp³-hybridized carbons (Fsp3) is 0.562. The number of hydrogen-bond acceptors (Lipinski definition) is 4. The molecule has 128 valence electrons. The Labute approximate surface area is 137 Å². The smallest absolute Gasteiger partial charge is 0.224 e. The van der Waals surface area contributed by atoms with Crippen LogP contribution in [0.15, 0.2) is 24.3 Å². The van der Waals surface area contributed by atoms with Crippen LogP contribution in [0.1, 0.15) is 25.3 Å². The minimum absolute atomic E-state index is 0.00968. The van der Waals surface area contributed by atoms with Gasteiger partial charge in [-0.1, -0.05) is 24.6 Å². The van der Waals surface area contributed by atoms with Crippen LogP contribution >= 0.6 is 0 Å². The minimum atomic E-state index is -3.46. The highest BCUT2D eigenvalue weighted by molar-refractivity contribution is 7.89. The molecule has 0 aliphatic carbocycles. The number of aryl methyl sites for hydroxylation is 1. The lowest BCUT2D eigenvalue weighted by molar-refractivity contribution is -0.127. The molecule has 1 N–H and O–H groups in total. The highest BCUT2D eigenvalue weighted by atomic mass is 32.2. The molecule has 2 rings (SSSR count). The Morgan fingerprint density at radius 2 is 2.00 bits per heavy atom. The molecule has 0 radical (unpaired) electrons. The van der Waals surface area contributed by atoms with E-state index >= 15 is 0 Å². The summed E-state index contributed by atoms with van der Waals surface area (Å²) in [5.41, 5.74) is 1.12.